The summed E-state index contributed by atoms with van der Waals surface area (Å²) in [5.41, 5.74) is 1.16. The van der Waals surface area contributed by atoms with Crippen molar-refractivity contribution in [2.24, 2.45) is 5.92 Å². The fraction of sp³-hybridized carbons (Fsp3) is 0.350. The van der Waals surface area contributed by atoms with Crippen LogP contribution in [0.15, 0.2) is 35.7 Å². The molecular weight excluding hydrogens is 378 g/mol. The normalized spacial score (nSPS) is 19.4. The zero-order valence-electron chi connectivity index (χ0n) is 15.4. The van der Waals surface area contributed by atoms with Gasteiger partial charge in [0.1, 0.15) is 5.75 Å². The Morgan fingerprint density at radius 1 is 1.25 bits per heavy atom. The van der Waals surface area contributed by atoms with Crippen LogP contribution in [-0.2, 0) is 9.59 Å². The second kappa shape index (κ2) is 7.63. The van der Waals surface area contributed by atoms with E-state index in [1.165, 1.54) is 11.3 Å². The van der Waals surface area contributed by atoms with E-state index >= 15 is 0 Å². The number of ether oxygens (including phenoxy) is 1. The maximum absolute atomic E-state index is 12.6. The van der Waals surface area contributed by atoms with Crippen LogP contribution in [-0.4, -0.2) is 41.8 Å². The number of hydrogen-bond acceptors (Lipinski definition) is 5. The van der Waals surface area contributed by atoms with Crippen LogP contribution in [0.2, 0.25) is 0 Å². The highest BCUT2D eigenvalue weighted by Gasteiger charge is 2.29. The second-order valence-electron chi connectivity index (χ2n) is 6.99. The van der Waals surface area contributed by atoms with Gasteiger partial charge in [-0.2, -0.15) is 0 Å². The van der Waals surface area contributed by atoms with Crippen molar-refractivity contribution in [3.63, 3.8) is 0 Å². The molecule has 1 atom stereocenters. The van der Waals surface area contributed by atoms with Gasteiger partial charge in [-0.25, -0.2) is 0 Å². The molecule has 4 rings (SSSR count). The highest BCUT2D eigenvalue weighted by Crippen LogP contribution is 2.32. The Morgan fingerprint density at radius 2 is 2.04 bits per heavy atom. The zero-order valence-corrected chi connectivity index (χ0v) is 16.3. The minimum Gasteiger partial charge on any atom is -0.479 e. The number of rotatable bonds is 3. The molecule has 1 aromatic heterocycles. The highest BCUT2D eigenvalue weighted by atomic mass is 32.1. The molecule has 28 heavy (non-hydrogen) atoms. The van der Waals surface area contributed by atoms with Crippen LogP contribution in [0, 0.1) is 5.92 Å². The number of nitrogens with zero attached hydrogens (tertiary/aromatic N) is 1. The summed E-state index contributed by atoms with van der Waals surface area (Å²) in [6.45, 7) is 2.82. The first-order chi connectivity index (χ1) is 13.5. The van der Waals surface area contributed by atoms with Crippen molar-refractivity contribution < 1.29 is 19.1 Å². The molecule has 1 saturated heterocycles. The predicted octanol–water partition coefficient (Wildman–Crippen LogP) is 2.96. The van der Waals surface area contributed by atoms with E-state index in [1.54, 1.807) is 25.1 Å². The number of thiophene rings is 1. The molecule has 0 unspecified atom stereocenters. The van der Waals surface area contributed by atoms with Crippen LogP contribution in [0.1, 0.15) is 29.4 Å². The van der Waals surface area contributed by atoms with Gasteiger partial charge < -0.3 is 20.3 Å². The van der Waals surface area contributed by atoms with Crippen molar-refractivity contribution >= 4 is 40.4 Å². The van der Waals surface area contributed by atoms with Gasteiger partial charge in [0.15, 0.2) is 6.10 Å². The van der Waals surface area contributed by atoms with E-state index in [0.29, 0.717) is 43.1 Å². The molecule has 2 aliphatic heterocycles. The summed E-state index contributed by atoms with van der Waals surface area (Å²) in [5, 5.41) is 7.58. The van der Waals surface area contributed by atoms with E-state index in [4.69, 9.17) is 4.74 Å². The van der Waals surface area contributed by atoms with Gasteiger partial charge in [0.25, 0.3) is 11.8 Å². The molecule has 3 amide bonds. The third-order valence-electron chi connectivity index (χ3n) is 5.06. The summed E-state index contributed by atoms with van der Waals surface area (Å²) in [5.74, 6) is 0.201. The molecule has 8 heteroatoms. The first kappa shape index (κ1) is 18.5. The van der Waals surface area contributed by atoms with Gasteiger partial charge in [0.05, 0.1) is 10.6 Å². The molecule has 2 N–H and O–H groups in total. The van der Waals surface area contributed by atoms with Crippen molar-refractivity contribution in [1.29, 1.82) is 0 Å². The highest BCUT2D eigenvalue weighted by molar-refractivity contribution is 7.12. The smallest absolute Gasteiger partial charge is 0.265 e. The van der Waals surface area contributed by atoms with Crippen molar-refractivity contribution in [2.75, 3.05) is 23.7 Å². The number of carbonyl (C=O) groups is 3. The van der Waals surface area contributed by atoms with Crippen LogP contribution < -0.4 is 15.4 Å². The average Bonchev–Trinajstić information content (AvgIpc) is 3.23. The van der Waals surface area contributed by atoms with Gasteiger partial charge in [-0.15, -0.1) is 11.3 Å². The van der Waals surface area contributed by atoms with E-state index in [0.717, 1.165) is 4.88 Å². The van der Waals surface area contributed by atoms with E-state index in [1.807, 2.05) is 22.4 Å². The Kier molecular flexibility index (Phi) is 5.04. The molecule has 3 heterocycles. The SMILES string of the molecule is C[C@@H]1Oc2ccc(NC(=O)C3CCN(C(=O)c4cccs4)CC3)cc2NC1=O. The number of carbonyl (C=O) groups excluding carboxylic acids is 3. The van der Waals surface area contributed by atoms with Crippen molar-refractivity contribution in [3.05, 3.63) is 40.6 Å². The molecule has 1 aromatic carbocycles. The van der Waals surface area contributed by atoms with Crippen molar-refractivity contribution in [1.82, 2.24) is 4.90 Å². The summed E-state index contributed by atoms with van der Waals surface area (Å²) >= 11 is 1.43. The lowest BCUT2D eigenvalue weighted by Crippen LogP contribution is -2.41. The van der Waals surface area contributed by atoms with Crippen LogP contribution in [0.3, 0.4) is 0 Å². The van der Waals surface area contributed by atoms with Gasteiger partial charge in [-0.1, -0.05) is 6.07 Å². The number of fused-ring (bicyclic) bond motifs is 1. The Hall–Kier alpha value is -2.87. The molecule has 0 radical (unpaired) electrons. The molecule has 146 valence electrons. The number of anilines is 2. The molecule has 2 aromatic rings. The molecule has 7 nitrogen and oxygen atoms in total. The lowest BCUT2D eigenvalue weighted by molar-refractivity contribution is -0.122. The lowest BCUT2D eigenvalue weighted by atomic mass is 9.95. The maximum Gasteiger partial charge on any atom is 0.265 e. The van der Waals surface area contributed by atoms with E-state index < -0.39 is 6.10 Å². The number of piperidine rings is 1. The molecule has 1 fully saturated rings. The van der Waals surface area contributed by atoms with Crippen LogP contribution in [0.4, 0.5) is 11.4 Å². The van der Waals surface area contributed by atoms with Gasteiger partial charge in [0.2, 0.25) is 5.91 Å². The Labute approximate surface area is 166 Å². The molecule has 0 aliphatic carbocycles. The van der Waals surface area contributed by atoms with Crippen molar-refractivity contribution in [3.8, 4) is 5.75 Å². The molecular formula is C20H21N3O4S. The summed E-state index contributed by atoms with van der Waals surface area (Å²) < 4.78 is 5.52. The second-order valence-corrected chi connectivity index (χ2v) is 7.94. The van der Waals surface area contributed by atoms with Gasteiger partial charge in [-0.05, 0) is 49.4 Å². The van der Waals surface area contributed by atoms with Gasteiger partial charge in [-0.3, -0.25) is 14.4 Å². The fourth-order valence-corrected chi connectivity index (χ4v) is 4.12. The molecule has 0 bridgehead atoms. The first-order valence-electron chi connectivity index (χ1n) is 9.26. The minimum absolute atomic E-state index is 0.0357. The Balaban J connectivity index is 1.34. The van der Waals surface area contributed by atoms with E-state index in [9.17, 15) is 14.4 Å². The maximum atomic E-state index is 12.6. The van der Waals surface area contributed by atoms with E-state index in [2.05, 4.69) is 10.6 Å². The number of amides is 3. The van der Waals surface area contributed by atoms with Crippen LogP contribution in [0.5, 0.6) is 5.75 Å². The lowest BCUT2D eigenvalue weighted by Gasteiger charge is -2.31. The Morgan fingerprint density at radius 3 is 2.75 bits per heavy atom. The molecule has 0 spiro atoms. The zero-order chi connectivity index (χ0) is 19.7. The first-order valence-corrected chi connectivity index (χ1v) is 10.1. The number of hydrogen-bond donors (Lipinski definition) is 2. The average molecular weight is 399 g/mol. The molecule has 0 saturated carbocycles. The summed E-state index contributed by atoms with van der Waals surface area (Å²) in [6.07, 6.45) is 0.728. The topological polar surface area (TPSA) is 87.7 Å². The molecule has 2 aliphatic rings. The standard InChI is InChI=1S/C20H21N3O4S/c1-12-18(24)22-15-11-14(4-5-16(15)27-12)21-19(25)13-6-8-23(9-7-13)20(26)17-3-2-10-28-17/h2-5,10-13H,6-9H2,1H3,(H,21,25)(H,22,24)/t12-/m0/s1. The largest absolute Gasteiger partial charge is 0.479 e. The third-order valence-corrected chi connectivity index (χ3v) is 5.92. The predicted molar refractivity (Wildman–Crippen MR) is 107 cm³/mol. The quantitative estimate of drug-likeness (QED) is 0.831. The number of benzene rings is 1. The minimum atomic E-state index is -0.532. The van der Waals surface area contributed by atoms with Gasteiger partial charge in [0, 0.05) is 24.7 Å². The Bertz CT molecular complexity index is 904. The summed E-state index contributed by atoms with van der Waals surface area (Å²) in [4.78, 5) is 39.3. The summed E-state index contributed by atoms with van der Waals surface area (Å²) in [7, 11) is 0. The third kappa shape index (κ3) is 3.73. The number of likely N-dealkylation sites (tertiary alicyclic amines) is 1. The van der Waals surface area contributed by atoms with Crippen LogP contribution in [0.25, 0.3) is 0 Å². The van der Waals surface area contributed by atoms with E-state index in [-0.39, 0.29) is 23.6 Å². The van der Waals surface area contributed by atoms with Crippen LogP contribution >= 0.6 is 11.3 Å². The fourth-order valence-electron chi connectivity index (χ4n) is 3.43. The van der Waals surface area contributed by atoms with Gasteiger partial charge >= 0.3 is 0 Å². The number of nitrogens with one attached hydrogen (secondary N) is 2. The summed E-state index contributed by atoms with van der Waals surface area (Å²) in [6, 6.07) is 8.89. The monoisotopic (exact) mass is 399 g/mol. The van der Waals surface area contributed by atoms with Crippen molar-refractivity contribution in [2.45, 2.75) is 25.9 Å².